The number of rotatable bonds is 4. The number of amidine groups is 1. The van der Waals surface area contributed by atoms with Gasteiger partial charge in [-0.05, 0) is 32.4 Å². The summed E-state index contributed by atoms with van der Waals surface area (Å²) in [6.45, 7) is 5.79. The van der Waals surface area contributed by atoms with Gasteiger partial charge in [-0.15, -0.1) is 0 Å². The van der Waals surface area contributed by atoms with Crippen LogP contribution < -0.4 is 10.5 Å². The van der Waals surface area contributed by atoms with Crippen molar-refractivity contribution in [3.05, 3.63) is 29.6 Å². The lowest BCUT2D eigenvalue weighted by Crippen LogP contribution is -2.28. The Bertz CT molecular complexity index is 402. The number of halogens is 1. The van der Waals surface area contributed by atoms with Gasteiger partial charge in [-0.2, -0.15) is 0 Å². The van der Waals surface area contributed by atoms with E-state index in [1.54, 1.807) is 12.1 Å². The van der Waals surface area contributed by atoms with Crippen LogP contribution in [0.15, 0.2) is 18.2 Å². The van der Waals surface area contributed by atoms with Crippen molar-refractivity contribution in [1.82, 2.24) is 0 Å². The van der Waals surface area contributed by atoms with Crippen LogP contribution in [0.1, 0.15) is 32.8 Å². The predicted molar refractivity (Wildman–Crippen MR) is 62.4 cm³/mol. The first-order valence-electron chi connectivity index (χ1n) is 5.19. The minimum atomic E-state index is -0.531. The zero-order chi connectivity index (χ0) is 12.3. The maximum absolute atomic E-state index is 13.5. The third kappa shape index (κ3) is 2.72. The summed E-state index contributed by atoms with van der Waals surface area (Å²) in [6, 6.07) is 4.43. The molecule has 0 fully saturated rings. The highest BCUT2D eigenvalue weighted by atomic mass is 19.1. The Kier molecular flexibility index (Phi) is 3.52. The molecular formula is C12H17FN2O. The zero-order valence-electron chi connectivity index (χ0n) is 9.80. The standard InChI is InChI=1S/C12H17FN2O/c1-4-12(2,3)16-9-7-5-6-8(13)10(9)11(14)15/h5-7H,4H2,1-3H3,(H3,14,15). The molecule has 0 bridgehead atoms. The van der Waals surface area contributed by atoms with Gasteiger partial charge in [0.05, 0.1) is 5.56 Å². The van der Waals surface area contributed by atoms with Gasteiger partial charge in [0.1, 0.15) is 23.0 Å². The number of nitrogen functional groups attached to an aromatic ring is 1. The van der Waals surface area contributed by atoms with Crippen LogP contribution in [0, 0.1) is 11.2 Å². The van der Waals surface area contributed by atoms with E-state index < -0.39 is 11.4 Å². The molecule has 0 amide bonds. The molecule has 0 heterocycles. The Morgan fingerprint density at radius 2 is 2.12 bits per heavy atom. The fourth-order valence-corrected chi connectivity index (χ4v) is 1.22. The van der Waals surface area contributed by atoms with E-state index in [0.717, 1.165) is 6.42 Å². The van der Waals surface area contributed by atoms with E-state index in [4.69, 9.17) is 15.9 Å². The Labute approximate surface area is 94.9 Å². The Hall–Kier alpha value is -1.58. The molecule has 1 rings (SSSR count). The molecule has 1 aromatic rings. The van der Waals surface area contributed by atoms with Gasteiger partial charge in [0.15, 0.2) is 0 Å². The third-order valence-electron chi connectivity index (χ3n) is 2.48. The van der Waals surface area contributed by atoms with E-state index in [2.05, 4.69) is 0 Å². The molecule has 0 aromatic heterocycles. The first-order chi connectivity index (χ1) is 7.37. The van der Waals surface area contributed by atoms with E-state index in [1.165, 1.54) is 6.07 Å². The summed E-state index contributed by atoms with van der Waals surface area (Å²) in [5.74, 6) is -0.531. The van der Waals surface area contributed by atoms with Crippen LogP contribution in [0.25, 0.3) is 0 Å². The van der Waals surface area contributed by atoms with Gasteiger partial charge in [0.25, 0.3) is 0 Å². The highest BCUT2D eigenvalue weighted by Gasteiger charge is 2.21. The predicted octanol–water partition coefficient (Wildman–Crippen LogP) is 2.68. The molecule has 3 nitrogen and oxygen atoms in total. The van der Waals surface area contributed by atoms with E-state index >= 15 is 0 Å². The number of benzene rings is 1. The average Bonchev–Trinajstić information content (AvgIpc) is 2.16. The molecule has 0 aliphatic heterocycles. The Morgan fingerprint density at radius 3 is 2.62 bits per heavy atom. The van der Waals surface area contributed by atoms with Crippen LogP contribution in [-0.2, 0) is 0 Å². The number of nitrogens with two attached hydrogens (primary N) is 1. The summed E-state index contributed by atoms with van der Waals surface area (Å²) < 4.78 is 19.1. The average molecular weight is 224 g/mol. The largest absolute Gasteiger partial charge is 0.487 e. The fraction of sp³-hybridized carbons (Fsp3) is 0.417. The molecule has 16 heavy (non-hydrogen) atoms. The summed E-state index contributed by atoms with van der Waals surface area (Å²) in [5, 5.41) is 7.34. The molecule has 0 atom stereocenters. The number of hydrogen-bond donors (Lipinski definition) is 2. The number of hydrogen-bond acceptors (Lipinski definition) is 2. The molecule has 0 saturated carbocycles. The molecular weight excluding hydrogens is 207 g/mol. The molecule has 3 N–H and O–H groups in total. The molecule has 0 aliphatic rings. The lowest BCUT2D eigenvalue weighted by Gasteiger charge is -2.26. The second-order valence-corrected chi connectivity index (χ2v) is 4.24. The van der Waals surface area contributed by atoms with Crippen LogP contribution in [0.3, 0.4) is 0 Å². The molecule has 1 aromatic carbocycles. The third-order valence-corrected chi connectivity index (χ3v) is 2.48. The molecule has 0 unspecified atom stereocenters. The van der Waals surface area contributed by atoms with Crippen LogP contribution in [0.5, 0.6) is 5.75 Å². The first-order valence-corrected chi connectivity index (χ1v) is 5.19. The SMILES string of the molecule is CCC(C)(C)Oc1cccc(F)c1C(=N)N. The van der Waals surface area contributed by atoms with Crippen molar-refractivity contribution in [3.8, 4) is 5.75 Å². The van der Waals surface area contributed by atoms with Crippen LogP contribution in [0.4, 0.5) is 4.39 Å². The van der Waals surface area contributed by atoms with Gasteiger partial charge in [0, 0.05) is 0 Å². The zero-order valence-corrected chi connectivity index (χ0v) is 9.80. The Balaban J connectivity index is 3.14. The normalized spacial score (nSPS) is 11.2. The summed E-state index contributed by atoms with van der Waals surface area (Å²) in [7, 11) is 0. The van der Waals surface area contributed by atoms with E-state index in [9.17, 15) is 4.39 Å². The Morgan fingerprint density at radius 1 is 1.50 bits per heavy atom. The van der Waals surface area contributed by atoms with Crippen molar-refractivity contribution >= 4 is 5.84 Å². The quantitative estimate of drug-likeness (QED) is 0.610. The lowest BCUT2D eigenvalue weighted by molar-refractivity contribution is 0.104. The molecule has 0 saturated heterocycles. The number of nitrogens with one attached hydrogen (secondary N) is 1. The van der Waals surface area contributed by atoms with Gasteiger partial charge in [0.2, 0.25) is 0 Å². The van der Waals surface area contributed by atoms with Crippen molar-refractivity contribution in [3.63, 3.8) is 0 Å². The van der Waals surface area contributed by atoms with Crippen LogP contribution in [0.2, 0.25) is 0 Å². The second-order valence-electron chi connectivity index (χ2n) is 4.24. The fourth-order valence-electron chi connectivity index (χ4n) is 1.22. The van der Waals surface area contributed by atoms with E-state index in [1.807, 2.05) is 20.8 Å². The van der Waals surface area contributed by atoms with Crippen LogP contribution >= 0.6 is 0 Å². The molecule has 0 spiro atoms. The first kappa shape index (κ1) is 12.5. The van der Waals surface area contributed by atoms with Gasteiger partial charge < -0.3 is 10.5 Å². The van der Waals surface area contributed by atoms with Crippen molar-refractivity contribution < 1.29 is 9.13 Å². The molecule has 0 radical (unpaired) electrons. The second kappa shape index (κ2) is 4.51. The lowest BCUT2D eigenvalue weighted by atomic mass is 10.1. The smallest absolute Gasteiger partial charge is 0.137 e. The maximum atomic E-state index is 13.5. The van der Waals surface area contributed by atoms with Gasteiger partial charge in [-0.25, -0.2) is 4.39 Å². The number of ether oxygens (including phenoxy) is 1. The highest BCUT2D eigenvalue weighted by molar-refractivity contribution is 5.97. The van der Waals surface area contributed by atoms with Gasteiger partial charge in [-0.1, -0.05) is 13.0 Å². The van der Waals surface area contributed by atoms with Crippen molar-refractivity contribution in [2.45, 2.75) is 32.8 Å². The minimum Gasteiger partial charge on any atom is -0.487 e. The molecule has 88 valence electrons. The summed E-state index contributed by atoms with van der Waals surface area (Å²) in [4.78, 5) is 0. The monoisotopic (exact) mass is 224 g/mol. The van der Waals surface area contributed by atoms with E-state index in [-0.39, 0.29) is 11.4 Å². The van der Waals surface area contributed by atoms with Crippen LogP contribution in [-0.4, -0.2) is 11.4 Å². The maximum Gasteiger partial charge on any atom is 0.137 e. The van der Waals surface area contributed by atoms with Gasteiger partial charge in [-0.3, -0.25) is 5.41 Å². The molecule has 0 aliphatic carbocycles. The van der Waals surface area contributed by atoms with Crippen molar-refractivity contribution in [2.75, 3.05) is 0 Å². The summed E-state index contributed by atoms with van der Waals surface area (Å²) in [6.07, 6.45) is 0.779. The topological polar surface area (TPSA) is 59.1 Å². The van der Waals surface area contributed by atoms with Crippen molar-refractivity contribution in [1.29, 1.82) is 5.41 Å². The van der Waals surface area contributed by atoms with Gasteiger partial charge >= 0.3 is 0 Å². The van der Waals surface area contributed by atoms with Crippen molar-refractivity contribution in [2.24, 2.45) is 5.73 Å². The summed E-state index contributed by atoms with van der Waals surface area (Å²) in [5.41, 5.74) is 4.97. The minimum absolute atomic E-state index is 0.0315. The highest BCUT2D eigenvalue weighted by Crippen LogP contribution is 2.26. The van der Waals surface area contributed by atoms with E-state index in [0.29, 0.717) is 5.75 Å². The molecule has 4 heteroatoms. The summed E-state index contributed by atoms with van der Waals surface area (Å²) >= 11 is 0.